The molecule has 0 fully saturated rings. The molecule has 0 saturated carbocycles. The van der Waals surface area contributed by atoms with E-state index in [1.807, 2.05) is 6.92 Å². The Balaban J connectivity index is 1.88. The predicted molar refractivity (Wildman–Crippen MR) is 127 cm³/mol. The second-order valence-electron chi connectivity index (χ2n) is 9.87. The maximum Gasteiger partial charge on any atom is 0.0958 e. The van der Waals surface area contributed by atoms with Crippen molar-refractivity contribution >= 4 is 5.57 Å². The average Bonchev–Trinajstić information content (AvgIpc) is 2.71. The van der Waals surface area contributed by atoms with E-state index in [0.29, 0.717) is 18.6 Å². The molecule has 0 aliphatic heterocycles. The molecule has 0 bridgehead atoms. The molecule has 0 unspecified atom stereocenters. The van der Waals surface area contributed by atoms with Gasteiger partial charge in [-0.3, -0.25) is 0 Å². The maximum absolute atomic E-state index is 10.2. The minimum absolute atomic E-state index is 0.0468. The average molecular weight is 405 g/mol. The predicted octanol–water partition coefficient (Wildman–Crippen LogP) is 6.77. The van der Waals surface area contributed by atoms with Gasteiger partial charge in [0.25, 0.3) is 0 Å². The van der Waals surface area contributed by atoms with Gasteiger partial charge in [-0.05, 0) is 65.6 Å². The van der Waals surface area contributed by atoms with Crippen LogP contribution in [0.15, 0.2) is 54.3 Å². The number of aliphatic hydroxyl groups is 2. The van der Waals surface area contributed by atoms with E-state index >= 15 is 0 Å². The van der Waals surface area contributed by atoms with Gasteiger partial charge in [-0.1, -0.05) is 76.2 Å². The summed E-state index contributed by atoms with van der Waals surface area (Å²) in [5.74, 6) is 0.361. The Bertz CT molecular complexity index is 972. The first-order valence-corrected chi connectivity index (χ1v) is 11.0. The molecule has 2 aromatic rings. The molecule has 2 heteroatoms. The van der Waals surface area contributed by atoms with Gasteiger partial charge in [0.1, 0.15) is 0 Å². The zero-order valence-corrected chi connectivity index (χ0v) is 19.3. The molecule has 3 rings (SSSR count). The molecule has 0 saturated heterocycles. The van der Waals surface area contributed by atoms with E-state index < -0.39 is 0 Å². The van der Waals surface area contributed by atoms with Gasteiger partial charge in [0.2, 0.25) is 0 Å². The van der Waals surface area contributed by atoms with Crippen LogP contribution in [0.1, 0.15) is 80.8 Å². The molecule has 2 N–H and O–H groups in total. The third-order valence-corrected chi connectivity index (χ3v) is 6.57. The minimum atomic E-state index is 0.0468. The third kappa shape index (κ3) is 4.54. The monoisotopic (exact) mass is 404 g/mol. The number of rotatable bonds is 6. The van der Waals surface area contributed by atoms with Crippen LogP contribution in [0, 0.1) is 6.92 Å². The zero-order chi connectivity index (χ0) is 22.1. The standard InChI is InChI=1S/C28H36O2/c1-19-16-24-25(28(5,6)14-13-27(24,3)4)18-23(19)17-21-9-11-22(12-10-21)20(2)26(30)8-7-15-29/h9-14,16,18,29-30H,7-8,15,17H2,1-6H3/b26-20-. The van der Waals surface area contributed by atoms with Gasteiger partial charge in [-0.25, -0.2) is 0 Å². The third-order valence-electron chi connectivity index (χ3n) is 6.57. The molecule has 0 radical (unpaired) electrons. The molecule has 160 valence electrons. The topological polar surface area (TPSA) is 40.5 Å². The fourth-order valence-corrected chi connectivity index (χ4v) is 4.30. The summed E-state index contributed by atoms with van der Waals surface area (Å²) in [7, 11) is 0. The molecule has 0 aromatic heterocycles. The summed E-state index contributed by atoms with van der Waals surface area (Å²) in [6.07, 6.45) is 6.69. The lowest BCUT2D eigenvalue weighted by atomic mass is 9.67. The first kappa shape index (κ1) is 22.4. The van der Waals surface area contributed by atoms with E-state index in [1.54, 1.807) is 0 Å². The quantitative estimate of drug-likeness (QED) is 0.412. The van der Waals surface area contributed by atoms with Crippen molar-refractivity contribution in [2.75, 3.05) is 6.61 Å². The van der Waals surface area contributed by atoms with Gasteiger partial charge in [0, 0.05) is 23.9 Å². The second-order valence-corrected chi connectivity index (χ2v) is 9.87. The van der Waals surface area contributed by atoms with E-state index in [-0.39, 0.29) is 17.4 Å². The Hall–Kier alpha value is -2.32. The van der Waals surface area contributed by atoms with Gasteiger partial charge >= 0.3 is 0 Å². The lowest BCUT2D eigenvalue weighted by Gasteiger charge is -2.37. The Morgan fingerprint density at radius 3 is 2.03 bits per heavy atom. The Morgan fingerprint density at radius 1 is 0.900 bits per heavy atom. The summed E-state index contributed by atoms with van der Waals surface area (Å²) in [5.41, 5.74) is 8.88. The summed E-state index contributed by atoms with van der Waals surface area (Å²) < 4.78 is 0. The number of hydrogen-bond acceptors (Lipinski definition) is 2. The number of aliphatic hydroxyl groups excluding tert-OH is 2. The Labute approximate surface area is 182 Å². The molecule has 1 aliphatic carbocycles. The molecule has 1 aliphatic rings. The smallest absolute Gasteiger partial charge is 0.0958 e. The first-order valence-electron chi connectivity index (χ1n) is 11.0. The second kappa shape index (κ2) is 8.43. The Morgan fingerprint density at radius 2 is 1.47 bits per heavy atom. The number of benzene rings is 2. The number of aryl methyl sites for hydroxylation is 1. The van der Waals surface area contributed by atoms with Crippen molar-refractivity contribution in [2.45, 2.75) is 71.6 Å². The highest BCUT2D eigenvalue weighted by molar-refractivity contribution is 5.65. The van der Waals surface area contributed by atoms with E-state index in [0.717, 1.165) is 17.6 Å². The van der Waals surface area contributed by atoms with Crippen LogP contribution in [0.3, 0.4) is 0 Å². The fraction of sp³-hybridized carbons (Fsp3) is 0.429. The first-order chi connectivity index (χ1) is 14.0. The van der Waals surface area contributed by atoms with Gasteiger partial charge in [-0.2, -0.15) is 0 Å². The molecule has 0 spiro atoms. The lowest BCUT2D eigenvalue weighted by molar-refractivity contribution is 0.276. The molecule has 0 amide bonds. The van der Waals surface area contributed by atoms with E-state index in [4.69, 9.17) is 5.11 Å². The van der Waals surface area contributed by atoms with Crippen LogP contribution < -0.4 is 0 Å². The normalized spacial score (nSPS) is 17.4. The highest BCUT2D eigenvalue weighted by Crippen LogP contribution is 2.42. The van der Waals surface area contributed by atoms with Gasteiger partial charge < -0.3 is 10.2 Å². The summed E-state index contributed by atoms with van der Waals surface area (Å²) in [5, 5.41) is 19.2. The fourth-order valence-electron chi connectivity index (χ4n) is 4.30. The molecule has 0 atom stereocenters. The van der Waals surface area contributed by atoms with Crippen LogP contribution >= 0.6 is 0 Å². The van der Waals surface area contributed by atoms with Crippen LogP contribution in [0.4, 0.5) is 0 Å². The van der Waals surface area contributed by atoms with E-state index in [9.17, 15) is 5.11 Å². The number of allylic oxidation sites excluding steroid dienone is 4. The molecule has 0 heterocycles. The van der Waals surface area contributed by atoms with Crippen molar-refractivity contribution in [3.63, 3.8) is 0 Å². The van der Waals surface area contributed by atoms with E-state index in [2.05, 4.69) is 83.2 Å². The SMILES string of the molecule is C/C(=C(/O)CCCO)c1ccc(Cc2cc3c(cc2C)C(C)(C)C=CC3(C)C)cc1. The van der Waals surface area contributed by atoms with Crippen LogP contribution in [0.5, 0.6) is 0 Å². The largest absolute Gasteiger partial charge is 0.512 e. The minimum Gasteiger partial charge on any atom is -0.512 e. The molecule has 2 nitrogen and oxygen atoms in total. The summed E-state index contributed by atoms with van der Waals surface area (Å²) in [6, 6.07) is 13.3. The van der Waals surface area contributed by atoms with Crippen LogP contribution in [0.2, 0.25) is 0 Å². The molecule has 2 aromatic carbocycles. The lowest BCUT2D eigenvalue weighted by Crippen LogP contribution is -2.29. The van der Waals surface area contributed by atoms with Crippen LogP contribution in [0.25, 0.3) is 5.57 Å². The molecule has 30 heavy (non-hydrogen) atoms. The van der Waals surface area contributed by atoms with Gasteiger partial charge in [0.15, 0.2) is 0 Å². The zero-order valence-electron chi connectivity index (χ0n) is 19.3. The van der Waals surface area contributed by atoms with Crippen molar-refractivity contribution < 1.29 is 10.2 Å². The highest BCUT2D eigenvalue weighted by Gasteiger charge is 2.33. The summed E-state index contributed by atoms with van der Waals surface area (Å²) in [4.78, 5) is 0. The number of hydrogen-bond donors (Lipinski definition) is 2. The van der Waals surface area contributed by atoms with Crippen LogP contribution in [-0.4, -0.2) is 16.8 Å². The maximum atomic E-state index is 10.2. The van der Waals surface area contributed by atoms with E-state index in [1.165, 1.54) is 27.8 Å². The van der Waals surface area contributed by atoms with Crippen molar-refractivity contribution in [3.05, 3.63) is 87.7 Å². The van der Waals surface area contributed by atoms with Crippen molar-refractivity contribution in [1.82, 2.24) is 0 Å². The number of fused-ring (bicyclic) bond motifs is 1. The molecular formula is C28H36O2. The highest BCUT2D eigenvalue weighted by atomic mass is 16.3. The summed E-state index contributed by atoms with van der Waals surface area (Å²) in [6.45, 7) is 13.4. The van der Waals surface area contributed by atoms with Crippen LogP contribution in [-0.2, 0) is 17.3 Å². The Kier molecular flexibility index (Phi) is 6.29. The van der Waals surface area contributed by atoms with Crippen molar-refractivity contribution in [1.29, 1.82) is 0 Å². The molecular weight excluding hydrogens is 368 g/mol. The van der Waals surface area contributed by atoms with Crippen molar-refractivity contribution in [2.24, 2.45) is 0 Å². The van der Waals surface area contributed by atoms with Gasteiger partial charge in [-0.15, -0.1) is 0 Å². The van der Waals surface area contributed by atoms with Crippen molar-refractivity contribution in [3.8, 4) is 0 Å². The summed E-state index contributed by atoms with van der Waals surface area (Å²) >= 11 is 0. The van der Waals surface area contributed by atoms with Gasteiger partial charge in [0.05, 0.1) is 5.76 Å².